The van der Waals surface area contributed by atoms with Crippen LogP contribution in [0.15, 0.2) is 0 Å². The molecule has 0 amide bonds. The lowest BCUT2D eigenvalue weighted by Crippen LogP contribution is -2.45. The first-order valence-electron chi connectivity index (χ1n) is 7.72. The molecule has 2 unspecified atom stereocenters. The molecule has 0 aromatic rings. The van der Waals surface area contributed by atoms with Gasteiger partial charge < -0.3 is 19.1 Å². The van der Waals surface area contributed by atoms with Crippen LogP contribution in [0.5, 0.6) is 0 Å². The van der Waals surface area contributed by atoms with Crippen LogP contribution < -0.4 is 5.11 Å². The Hall–Kier alpha value is -1.10. The Morgan fingerprint density at radius 3 is 2.10 bits per heavy atom. The molecule has 0 heterocycles. The first-order valence-corrected chi connectivity index (χ1v) is 7.72. The second-order valence-electron chi connectivity index (χ2n) is 7.33. The maximum atomic E-state index is 12.1. The Kier molecular flexibility index (Phi) is 8.55. The van der Waals surface area contributed by atoms with E-state index < -0.39 is 12.1 Å². The van der Waals surface area contributed by atoms with Crippen molar-refractivity contribution in [3.63, 3.8) is 0 Å². The van der Waals surface area contributed by atoms with Gasteiger partial charge in [-0.25, -0.2) is 0 Å². The molecule has 5 heteroatoms. The molecule has 0 N–H and O–H groups in total. The molecular weight excluding hydrogens is 270 g/mol. The van der Waals surface area contributed by atoms with E-state index in [-0.39, 0.29) is 18.3 Å². The van der Waals surface area contributed by atoms with Crippen molar-refractivity contribution in [2.75, 3.05) is 27.7 Å². The molecule has 0 aliphatic rings. The fraction of sp³-hybridized carbons (Fsp3) is 0.875. The van der Waals surface area contributed by atoms with Gasteiger partial charge >= 0.3 is 5.97 Å². The van der Waals surface area contributed by atoms with E-state index in [0.717, 1.165) is 19.3 Å². The van der Waals surface area contributed by atoms with Crippen molar-refractivity contribution in [3.05, 3.63) is 0 Å². The number of hydrogen-bond donors (Lipinski definition) is 0. The van der Waals surface area contributed by atoms with Gasteiger partial charge in [-0.1, -0.05) is 33.6 Å². The Morgan fingerprint density at radius 2 is 1.67 bits per heavy atom. The van der Waals surface area contributed by atoms with E-state index in [1.807, 2.05) is 28.1 Å². The van der Waals surface area contributed by atoms with Crippen molar-refractivity contribution in [1.82, 2.24) is 0 Å². The molecule has 0 spiro atoms. The molecule has 0 radical (unpaired) electrons. The van der Waals surface area contributed by atoms with E-state index in [1.54, 1.807) is 0 Å². The fourth-order valence-corrected chi connectivity index (χ4v) is 2.17. The molecule has 21 heavy (non-hydrogen) atoms. The SMILES string of the molecule is CC(C)CCCC(C)C(=O)OC(CC(=O)[O-])C[N+](C)(C)C. The van der Waals surface area contributed by atoms with E-state index in [1.165, 1.54) is 0 Å². The first kappa shape index (κ1) is 19.9. The minimum atomic E-state index is -1.19. The summed E-state index contributed by atoms with van der Waals surface area (Å²) in [6, 6.07) is 0. The van der Waals surface area contributed by atoms with Crippen molar-refractivity contribution in [2.24, 2.45) is 11.8 Å². The van der Waals surface area contributed by atoms with Crippen LogP contribution in [-0.2, 0) is 14.3 Å². The number of carboxylic acid groups (broad SMARTS) is 1. The molecule has 0 fully saturated rings. The Balaban J connectivity index is 4.40. The highest BCUT2D eigenvalue weighted by atomic mass is 16.5. The molecule has 0 saturated carbocycles. The van der Waals surface area contributed by atoms with Crippen molar-refractivity contribution in [2.45, 2.75) is 52.6 Å². The zero-order valence-corrected chi connectivity index (χ0v) is 14.3. The normalized spacial score (nSPS) is 14.8. The van der Waals surface area contributed by atoms with Gasteiger partial charge in [-0.15, -0.1) is 0 Å². The summed E-state index contributed by atoms with van der Waals surface area (Å²) in [5.74, 6) is -1.06. The molecule has 0 bridgehead atoms. The summed E-state index contributed by atoms with van der Waals surface area (Å²) in [6.45, 7) is 6.60. The third-order valence-corrected chi connectivity index (χ3v) is 3.25. The number of carboxylic acids is 1. The molecule has 0 aromatic carbocycles. The van der Waals surface area contributed by atoms with Gasteiger partial charge in [0.25, 0.3) is 0 Å². The van der Waals surface area contributed by atoms with E-state index >= 15 is 0 Å². The minimum absolute atomic E-state index is 0.194. The molecule has 0 aromatic heterocycles. The quantitative estimate of drug-likeness (QED) is 0.449. The zero-order valence-electron chi connectivity index (χ0n) is 14.3. The van der Waals surface area contributed by atoms with Crippen LogP contribution in [0.3, 0.4) is 0 Å². The highest BCUT2D eigenvalue weighted by Gasteiger charge is 2.24. The summed E-state index contributed by atoms with van der Waals surface area (Å²) in [6.07, 6.45) is 1.96. The summed E-state index contributed by atoms with van der Waals surface area (Å²) in [4.78, 5) is 22.8. The Bertz CT molecular complexity index is 334. The standard InChI is InChI=1S/C16H31NO4/c1-12(2)8-7-9-13(3)16(20)21-14(10-15(18)19)11-17(4,5)6/h12-14H,7-11H2,1-6H3. The third-order valence-electron chi connectivity index (χ3n) is 3.25. The van der Waals surface area contributed by atoms with Crippen LogP contribution in [0, 0.1) is 11.8 Å². The van der Waals surface area contributed by atoms with Crippen LogP contribution in [-0.4, -0.2) is 50.2 Å². The molecule has 5 nitrogen and oxygen atoms in total. The highest BCUT2D eigenvalue weighted by molar-refractivity contribution is 5.73. The van der Waals surface area contributed by atoms with Gasteiger partial charge in [-0.05, 0) is 12.3 Å². The molecule has 0 aliphatic heterocycles. The monoisotopic (exact) mass is 301 g/mol. The van der Waals surface area contributed by atoms with Crippen LogP contribution in [0.25, 0.3) is 0 Å². The number of rotatable bonds is 10. The molecule has 0 aliphatic carbocycles. The predicted molar refractivity (Wildman–Crippen MR) is 80.3 cm³/mol. The smallest absolute Gasteiger partial charge is 0.309 e. The summed E-state index contributed by atoms with van der Waals surface area (Å²) >= 11 is 0. The Morgan fingerprint density at radius 1 is 1.10 bits per heavy atom. The van der Waals surface area contributed by atoms with E-state index in [4.69, 9.17) is 4.74 Å². The van der Waals surface area contributed by atoms with Gasteiger partial charge in [0.15, 0.2) is 6.10 Å². The summed E-state index contributed by atoms with van der Waals surface area (Å²) in [5.41, 5.74) is 0. The molecule has 0 rings (SSSR count). The average molecular weight is 301 g/mol. The maximum Gasteiger partial charge on any atom is 0.309 e. The van der Waals surface area contributed by atoms with Crippen LogP contribution in [0.4, 0.5) is 0 Å². The first-order chi connectivity index (χ1) is 9.51. The Labute approximate surface area is 128 Å². The van der Waals surface area contributed by atoms with Crippen molar-refractivity contribution >= 4 is 11.9 Å². The van der Waals surface area contributed by atoms with Gasteiger partial charge in [0, 0.05) is 12.4 Å². The molecule has 124 valence electrons. The predicted octanol–water partition coefficient (Wildman–Crippen LogP) is 1.21. The lowest BCUT2D eigenvalue weighted by atomic mass is 10.00. The fourth-order valence-electron chi connectivity index (χ4n) is 2.17. The summed E-state index contributed by atoms with van der Waals surface area (Å²) < 4.78 is 5.92. The summed E-state index contributed by atoms with van der Waals surface area (Å²) in [5, 5.41) is 10.8. The van der Waals surface area contributed by atoms with Crippen LogP contribution >= 0.6 is 0 Å². The van der Waals surface area contributed by atoms with Gasteiger partial charge in [-0.2, -0.15) is 0 Å². The topological polar surface area (TPSA) is 66.4 Å². The van der Waals surface area contributed by atoms with Gasteiger partial charge in [-0.3, -0.25) is 4.79 Å². The van der Waals surface area contributed by atoms with E-state index in [9.17, 15) is 14.7 Å². The number of esters is 1. The summed E-state index contributed by atoms with van der Waals surface area (Å²) in [7, 11) is 5.80. The third kappa shape index (κ3) is 11.3. The zero-order chi connectivity index (χ0) is 16.6. The number of quaternary nitrogens is 1. The highest BCUT2D eigenvalue weighted by Crippen LogP contribution is 2.15. The number of nitrogens with zero attached hydrogens (tertiary/aromatic N) is 1. The van der Waals surface area contributed by atoms with Crippen molar-refractivity contribution < 1.29 is 23.9 Å². The largest absolute Gasteiger partial charge is 0.550 e. The lowest BCUT2D eigenvalue weighted by Gasteiger charge is -2.29. The molecular formula is C16H31NO4. The number of carbonyl (C=O) groups excluding carboxylic acids is 2. The lowest BCUT2D eigenvalue weighted by molar-refractivity contribution is -0.873. The van der Waals surface area contributed by atoms with E-state index in [2.05, 4.69) is 13.8 Å². The van der Waals surface area contributed by atoms with Gasteiger partial charge in [0.1, 0.15) is 6.54 Å². The number of hydrogen-bond acceptors (Lipinski definition) is 4. The van der Waals surface area contributed by atoms with Gasteiger partial charge in [0.2, 0.25) is 0 Å². The second kappa shape index (κ2) is 9.03. The molecule has 2 atom stereocenters. The average Bonchev–Trinajstić information content (AvgIpc) is 2.24. The van der Waals surface area contributed by atoms with Crippen molar-refractivity contribution in [1.29, 1.82) is 0 Å². The number of aliphatic carboxylic acids is 1. The second-order valence-corrected chi connectivity index (χ2v) is 7.33. The number of likely N-dealkylation sites (N-methyl/N-ethyl adjacent to an activating group) is 1. The van der Waals surface area contributed by atoms with Gasteiger partial charge in [0.05, 0.1) is 27.1 Å². The number of ether oxygens (including phenoxy) is 1. The van der Waals surface area contributed by atoms with Crippen molar-refractivity contribution in [3.8, 4) is 0 Å². The minimum Gasteiger partial charge on any atom is -0.550 e. The van der Waals surface area contributed by atoms with Crippen LogP contribution in [0.1, 0.15) is 46.5 Å². The van der Waals surface area contributed by atoms with E-state index in [0.29, 0.717) is 16.9 Å². The van der Waals surface area contributed by atoms with Crippen LogP contribution in [0.2, 0.25) is 0 Å². The number of carbonyl (C=O) groups is 2. The maximum absolute atomic E-state index is 12.1. The molecule has 0 saturated heterocycles.